The van der Waals surface area contributed by atoms with Gasteiger partial charge in [-0.2, -0.15) is 0 Å². The predicted octanol–water partition coefficient (Wildman–Crippen LogP) is 5.27. The lowest BCUT2D eigenvalue weighted by Gasteiger charge is -2.35. The van der Waals surface area contributed by atoms with Crippen molar-refractivity contribution in [1.29, 1.82) is 0 Å². The molecule has 0 saturated heterocycles. The lowest BCUT2D eigenvalue weighted by atomic mass is 9.81. The van der Waals surface area contributed by atoms with Gasteiger partial charge in [0.1, 0.15) is 0 Å². The van der Waals surface area contributed by atoms with Crippen LogP contribution in [0.2, 0.25) is 0 Å². The molecule has 0 radical (unpaired) electrons. The largest absolute Gasteiger partial charge is 0.417 e. The van der Waals surface area contributed by atoms with Crippen LogP contribution in [0, 0.1) is 0 Å². The highest BCUT2D eigenvalue weighted by atomic mass is 16.4. The van der Waals surface area contributed by atoms with Crippen LogP contribution in [-0.2, 0) is 0 Å². The van der Waals surface area contributed by atoms with Crippen molar-refractivity contribution in [3.05, 3.63) is 70.2 Å². The van der Waals surface area contributed by atoms with Crippen LogP contribution in [-0.4, -0.2) is 29.5 Å². The molecule has 1 N–H and O–H groups in total. The molecule has 148 valence electrons. The van der Waals surface area contributed by atoms with Gasteiger partial charge >= 0.3 is 5.76 Å². The van der Waals surface area contributed by atoms with E-state index >= 15 is 0 Å². The Labute approximate surface area is 166 Å². The first-order valence-electron chi connectivity index (χ1n) is 10.5. The van der Waals surface area contributed by atoms with Crippen LogP contribution >= 0.6 is 0 Å². The fraction of sp³-hybridized carbons (Fsp3) is 0.458. The molecule has 4 heteroatoms. The Bertz CT molecular complexity index is 951. The summed E-state index contributed by atoms with van der Waals surface area (Å²) in [5.41, 5.74) is 4.20. The number of aromatic nitrogens is 1. The molecule has 1 heterocycles. The van der Waals surface area contributed by atoms with Crippen LogP contribution in [0.25, 0.3) is 11.1 Å². The molecule has 4 nitrogen and oxygen atoms in total. The molecule has 0 amide bonds. The third kappa shape index (κ3) is 4.22. The third-order valence-corrected chi connectivity index (χ3v) is 6.52. The maximum atomic E-state index is 11.4. The fourth-order valence-corrected chi connectivity index (χ4v) is 4.59. The second-order valence-electron chi connectivity index (χ2n) is 8.36. The molecule has 1 saturated carbocycles. The maximum Gasteiger partial charge on any atom is 0.417 e. The summed E-state index contributed by atoms with van der Waals surface area (Å²) >= 11 is 0. The van der Waals surface area contributed by atoms with Gasteiger partial charge in [-0.15, -0.1) is 0 Å². The number of fused-ring (bicyclic) bond motifs is 1. The second-order valence-corrected chi connectivity index (χ2v) is 8.36. The zero-order chi connectivity index (χ0) is 19.5. The molecule has 1 fully saturated rings. The van der Waals surface area contributed by atoms with Gasteiger partial charge in [-0.25, -0.2) is 4.79 Å². The number of nitrogens with one attached hydrogen (secondary N) is 1. The summed E-state index contributed by atoms with van der Waals surface area (Å²) in [6.07, 6.45) is 6.06. The molecule has 1 atom stereocenters. The summed E-state index contributed by atoms with van der Waals surface area (Å²) in [5, 5.41) is 0. The molecule has 2 aromatic carbocycles. The summed E-state index contributed by atoms with van der Waals surface area (Å²) in [7, 11) is 2.28. The van der Waals surface area contributed by atoms with Crippen molar-refractivity contribution in [1.82, 2.24) is 9.88 Å². The zero-order valence-electron chi connectivity index (χ0n) is 16.9. The van der Waals surface area contributed by atoms with Gasteiger partial charge in [0, 0.05) is 6.04 Å². The van der Waals surface area contributed by atoms with E-state index in [0.29, 0.717) is 23.5 Å². The van der Waals surface area contributed by atoms with Gasteiger partial charge in [0.2, 0.25) is 0 Å². The van der Waals surface area contributed by atoms with Gasteiger partial charge in [0.15, 0.2) is 5.58 Å². The van der Waals surface area contributed by atoms with Crippen molar-refractivity contribution < 1.29 is 4.42 Å². The van der Waals surface area contributed by atoms with Crippen LogP contribution in [0.4, 0.5) is 0 Å². The molecule has 1 unspecified atom stereocenters. The van der Waals surface area contributed by atoms with Crippen molar-refractivity contribution >= 4 is 11.1 Å². The number of benzene rings is 2. The van der Waals surface area contributed by atoms with E-state index < -0.39 is 0 Å². The van der Waals surface area contributed by atoms with Gasteiger partial charge in [-0.3, -0.25) is 4.98 Å². The molecular formula is C24H30N2O2. The Morgan fingerprint density at radius 3 is 2.61 bits per heavy atom. The fourth-order valence-electron chi connectivity index (χ4n) is 4.59. The Kier molecular flexibility index (Phi) is 5.67. The summed E-state index contributed by atoms with van der Waals surface area (Å²) in [5.74, 6) is 0.794. The van der Waals surface area contributed by atoms with E-state index in [-0.39, 0.29) is 5.76 Å². The highest BCUT2D eigenvalue weighted by molar-refractivity contribution is 5.72. The third-order valence-electron chi connectivity index (χ3n) is 6.52. The Morgan fingerprint density at radius 2 is 1.86 bits per heavy atom. The highest BCUT2D eigenvalue weighted by Crippen LogP contribution is 2.35. The molecule has 3 aromatic rings. The lowest BCUT2D eigenvalue weighted by Crippen LogP contribution is -2.35. The topological polar surface area (TPSA) is 49.2 Å². The van der Waals surface area contributed by atoms with Crippen molar-refractivity contribution in [2.75, 3.05) is 13.6 Å². The van der Waals surface area contributed by atoms with Gasteiger partial charge in [-0.05, 0) is 80.8 Å². The Hall–Kier alpha value is -2.33. The van der Waals surface area contributed by atoms with E-state index in [1.165, 1.54) is 43.2 Å². The number of H-pyrrole nitrogens is 1. The standard InChI is InChI=1S/C24H30N2O2/c1-17(18-6-4-3-5-7-18)14-15-26(2)21-11-8-19(9-12-21)20-10-13-22-23(16-20)28-24(27)25-22/h3-7,10,13,16-17,19,21H,8-9,11-12,14-15H2,1-2H3,(H,25,27)/t17?,19-,21-. The van der Waals surface area contributed by atoms with E-state index in [9.17, 15) is 4.79 Å². The molecule has 4 rings (SSSR count). The smallest absolute Gasteiger partial charge is 0.408 e. The van der Waals surface area contributed by atoms with Crippen LogP contribution in [0.5, 0.6) is 0 Å². The molecule has 0 bridgehead atoms. The van der Waals surface area contributed by atoms with Crippen molar-refractivity contribution in [2.45, 2.75) is 56.9 Å². The SMILES string of the molecule is CC(CCN(C)[C@H]1CC[C@H](c2ccc3[nH]c(=O)oc3c2)CC1)c1ccccc1. The number of rotatable bonds is 6. The van der Waals surface area contributed by atoms with Crippen LogP contribution in [0.1, 0.15) is 62.0 Å². The van der Waals surface area contributed by atoms with Gasteiger partial charge in [-0.1, -0.05) is 43.3 Å². The molecule has 0 aliphatic heterocycles. The Balaban J connectivity index is 1.29. The van der Waals surface area contributed by atoms with Gasteiger partial charge in [0.05, 0.1) is 5.52 Å². The maximum absolute atomic E-state index is 11.4. The molecular weight excluding hydrogens is 348 g/mol. The van der Waals surface area contributed by atoms with E-state index in [2.05, 4.69) is 60.3 Å². The van der Waals surface area contributed by atoms with E-state index in [1.807, 2.05) is 12.1 Å². The number of hydrogen-bond donors (Lipinski definition) is 1. The minimum absolute atomic E-state index is 0.373. The van der Waals surface area contributed by atoms with Crippen LogP contribution in [0.3, 0.4) is 0 Å². The first-order chi connectivity index (χ1) is 13.6. The highest BCUT2D eigenvalue weighted by Gasteiger charge is 2.25. The quantitative estimate of drug-likeness (QED) is 0.635. The van der Waals surface area contributed by atoms with E-state index in [1.54, 1.807) is 0 Å². The minimum Gasteiger partial charge on any atom is -0.408 e. The van der Waals surface area contributed by atoms with Crippen molar-refractivity contribution in [3.63, 3.8) is 0 Å². The summed E-state index contributed by atoms with van der Waals surface area (Å²) < 4.78 is 5.23. The number of hydrogen-bond acceptors (Lipinski definition) is 3. The van der Waals surface area contributed by atoms with E-state index in [4.69, 9.17) is 4.42 Å². The molecule has 1 aliphatic rings. The number of nitrogens with zero attached hydrogens (tertiary/aromatic N) is 1. The van der Waals surface area contributed by atoms with Crippen LogP contribution < -0.4 is 5.76 Å². The first-order valence-corrected chi connectivity index (χ1v) is 10.5. The van der Waals surface area contributed by atoms with Crippen molar-refractivity contribution in [3.8, 4) is 0 Å². The van der Waals surface area contributed by atoms with Gasteiger partial charge in [0.25, 0.3) is 0 Å². The lowest BCUT2D eigenvalue weighted by molar-refractivity contribution is 0.178. The van der Waals surface area contributed by atoms with Crippen LogP contribution in [0.15, 0.2) is 57.7 Å². The number of oxazole rings is 1. The summed E-state index contributed by atoms with van der Waals surface area (Å²) in [4.78, 5) is 16.6. The molecule has 28 heavy (non-hydrogen) atoms. The van der Waals surface area contributed by atoms with Gasteiger partial charge < -0.3 is 9.32 Å². The van der Waals surface area contributed by atoms with E-state index in [0.717, 1.165) is 12.1 Å². The molecule has 1 aliphatic carbocycles. The average Bonchev–Trinajstić information content (AvgIpc) is 3.11. The monoisotopic (exact) mass is 378 g/mol. The van der Waals surface area contributed by atoms with Crippen molar-refractivity contribution in [2.24, 2.45) is 0 Å². The first kappa shape index (κ1) is 19.0. The minimum atomic E-state index is -0.373. The summed E-state index contributed by atoms with van der Waals surface area (Å²) in [6.45, 7) is 3.47. The predicted molar refractivity (Wildman–Crippen MR) is 114 cm³/mol. The average molecular weight is 379 g/mol. The number of aromatic amines is 1. The molecule has 1 aromatic heterocycles. The second kappa shape index (κ2) is 8.36. The Morgan fingerprint density at radius 1 is 1.11 bits per heavy atom. The summed E-state index contributed by atoms with van der Waals surface area (Å²) in [6, 6.07) is 17.7. The zero-order valence-corrected chi connectivity index (χ0v) is 16.9. The molecule has 0 spiro atoms. The normalized spacial score (nSPS) is 21.2.